The van der Waals surface area contributed by atoms with Gasteiger partial charge in [0.25, 0.3) is 5.91 Å². The number of aryl methyl sites for hydroxylation is 1. The third kappa shape index (κ3) is 3.99. The molecule has 2 aliphatic heterocycles. The normalized spacial score (nSPS) is 18.2. The van der Waals surface area contributed by atoms with Gasteiger partial charge in [-0.15, -0.1) is 0 Å². The molecule has 0 aromatic heterocycles. The molecular formula is C21H24N2O4S. The van der Waals surface area contributed by atoms with Crippen molar-refractivity contribution in [2.24, 2.45) is 0 Å². The Balaban J connectivity index is 1.43. The van der Waals surface area contributed by atoms with E-state index in [1.807, 2.05) is 47.4 Å². The molecule has 0 atom stereocenters. The van der Waals surface area contributed by atoms with Gasteiger partial charge in [0.05, 0.1) is 6.26 Å². The second-order valence-electron chi connectivity index (χ2n) is 7.64. The molecule has 28 heavy (non-hydrogen) atoms. The average molecular weight is 401 g/mol. The summed E-state index contributed by atoms with van der Waals surface area (Å²) < 4.78 is 31.7. The van der Waals surface area contributed by atoms with Crippen molar-refractivity contribution < 1.29 is 17.9 Å². The van der Waals surface area contributed by atoms with Gasteiger partial charge in [-0.3, -0.25) is 9.52 Å². The lowest BCUT2D eigenvalue weighted by atomic mass is 9.83. The molecule has 2 aliphatic rings. The molecular weight excluding hydrogens is 376 g/mol. The topological polar surface area (TPSA) is 75.7 Å². The number of carbonyl (C=O) groups excluding carboxylic acids is 1. The van der Waals surface area contributed by atoms with Gasteiger partial charge in [-0.1, -0.05) is 18.2 Å². The Morgan fingerprint density at radius 3 is 2.46 bits per heavy atom. The Bertz CT molecular complexity index is 981. The summed E-state index contributed by atoms with van der Waals surface area (Å²) in [4.78, 5) is 14.6. The Hall–Kier alpha value is -2.54. The number of anilines is 1. The summed E-state index contributed by atoms with van der Waals surface area (Å²) in [5.74, 6) is 0.885. The van der Waals surface area contributed by atoms with Crippen LogP contribution in [0.5, 0.6) is 5.75 Å². The number of rotatable bonds is 3. The molecule has 2 aromatic carbocycles. The molecule has 7 heteroatoms. The number of sulfonamides is 1. The molecule has 6 nitrogen and oxygen atoms in total. The Morgan fingerprint density at radius 2 is 1.79 bits per heavy atom. The van der Waals surface area contributed by atoms with Crippen molar-refractivity contribution in [3.63, 3.8) is 0 Å². The molecule has 0 saturated carbocycles. The molecule has 1 fully saturated rings. The second-order valence-corrected chi connectivity index (χ2v) is 9.39. The van der Waals surface area contributed by atoms with Gasteiger partial charge in [0.1, 0.15) is 11.4 Å². The van der Waals surface area contributed by atoms with Gasteiger partial charge in [-0.25, -0.2) is 8.42 Å². The number of hydrogen-bond acceptors (Lipinski definition) is 4. The molecule has 1 spiro atoms. The minimum Gasteiger partial charge on any atom is -0.487 e. The van der Waals surface area contributed by atoms with Crippen LogP contribution in [-0.4, -0.2) is 44.2 Å². The van der Waals surface area contributed by atoms with E-state index in [9.17, 15) is 13.2 Å². The first-order valence-corrected chi connectivity index (χ1v) is 11.4. The van der Waals surface area contributed by atoms with Crippen LogP contribution in [0.3, 0.4) is 0 Å². The smallest absolute Gasteiger partial charge is 0.253 e. The molecule has 0 radical (unpaired) electrons. The van der Waals surface area contributed by atoms with E-state index in [1.165, 1.54) is 0 Å². The highest BCUT2D eigenvalue weighted by Gasteiger charge is 2.40. The summed E-state index contributed by atoms with van der Waals surface area (Å²) >= 11 is 0. The average Bonchev–Trinajstić information content (AvgIpc) is 2.68. The first-order valence-electron chi connectivity index (χ1n) is 9.48. The number of piperidine rings is 1. The summed E-state index contributed by atoms with van der Waals surface area (Å²) in [6.45, 7) is 1.35. The minimum atomic E-state index is -3.30. The number of ether oxygens (including phenoxy) is 1. The minimum absolute atomic E-state index is 0.0724. The van der Waals surface area contributed by atoms with Gasteiger partial charge in [0, 0.05) is 37.2 Å². The van der Waals surface area contributed by atoms with Crippen molar-refractivity contribution >= 4 is 21.6 Å². The van der Waals surface area contributed by atoms with Gasteiger partial charge in [-0.05, 0) is 48.7 Å². The Labute approximate surface area is 165 Å². The summed E-state index contributed by atoms with van der Waals surface area (Å²) in [6.07, 6.45) is 4.45. The number of nitrogens with one attached hydrogen (secondary N) is 1. The van der Waals surface area contributed by atoms with Crippen LogP contribution in [0.4, 0.5) is 5.69 Å². The third-order valence-corrected chi connectivity index (χ3v) is 6.13. The van der Waals surface area contributed by atoms with Crippen LogP contribution in [0.15, 0.2) is 48.5 Å². The predicted molar refractivity (Wildman–Crippen MR) is 108 cm³/mol. The van der Waals surface area contributed by atoms with Crippen molar-refractivity contribution in [2.75, 3.05) is 24.1 Å². The van der Waals surface area contributed by atoms with Crippen LogP contribution in [0, 0.1) is 0 Å². The van der Waals surface area contributed by atoms with Crippen LogP contribution in [0.2, 0.25) is 0 Å². The van der Waals surface area contributed by atoms with E-state index in [0.717, 1.165) is 48.8 Å². The number of fused-ring (bicyclic) bond motifs is 1. The molecule has 0 aliphatic carbocycles. The van der Waals surface area contributed by atoms with Crippen LogP contribution < -0.4 is 9.46 Å². The fourth-order valence-electron chi connectivity index (χ4n) is 4.03. The summed E-state index contributed by atoms with van der Waals surface area (Å²) in [6, 6.07) is 14.8. The molecule has 2 heterocycles. The van der Waals surface area contributed by atoms with Gasteiger partial charge < -0.3 is 9.64 Å². The maximum atomic E-state index is 12.6. The highest BCUT2D eigenvalue weighted by atomic mass is 32.2. The molecule has 4 rings (SSSR count). The quantitative estimate of drug-likeness (QED) is 0.859. The van der Waals surface area contributed by atoms with Gasteiger partial charge in [0.2, 0.25) is 10.0 Å². The number of amides is 1. The van der Waals surface area contributed by atoms with Crippen molar-refractivity contribution in [1.29, 1.82) is 0 Å². The summed E-state index contributed by atoms with van der Waals surface area (Å²) in [7, 11) is -3.30. The van der Waals surface area contributed by atoms with E-state index in [1.54, 1.807) is 6.07 Å². The second kappa shape index (κ2) is 7.13. The molecule has 1 N–H and O–H groups in total. The van der Waals surface area contributed by atoms with E-state index < -0.39 is 10.0 Å². The van der Waals surface area contributed by atoms with Gasteiger partial charge in [0.15, 0.2) is 0 Å². The van der Waals surface area contributed by atoms with E-state index in [2.05, 4.69) is 4.72 Å². The Kier molecular flexibility index (Phi) is 4.79. The van der Waals surface area contributed by atoms with E-state index in [-0.39, 0.29) is 11.5 Å². The van der Waals surface area contributed by atoms with Crippen molar-refractivity contribution in [3.05, 3.63) is 59.7 Å². The number of benzene rings is 2. The molecule has 0 bridgehead atoms. The first kappa shape index (κ1) is 18.8. The fourth-order valence-corrected chi connectivity index (χ4v) is 4.59. The number of carbonyl (C=O) groups is 1. The number of hydrogen-bond donors (Lipinski definition) is 1. The molecule has 0 unspecified atom stereocenters. The lowest BCUT2D eigenvalue weighted by Crippen LogP contribution is -2.51. The zero-order chi connectivity index (χ0) is 19.8. The van der Waals surface area contributed by atoms with Crippen LogP contribution in [0.25, 0.3) is 0 Å². The zero-order valence-corrected chi connectivity index (χ0v) is 16.7. The fraction of sp³-hybridized carbons (Fsp3) is 0.381. The van der Waals surface area contributed by atoms with Gasteiger partial charge in [-0.2, -0.15) is 0 Å². The van der Waals surface area contributed by atoms with Crippen LogP contribution in [0.1, 0.15) is 35.2 Å². The molecule has 148 valence electrons. The SMILES string of the molecule is CS(=O)(=O)Nc1ccc2c(c1)CCC1(CCN(C(=O)c3ccccc3)CC1)O2. The largest absolute Gasteiger partial charge is 0.487 e. The van der Waals surface area contributed by atoms with E-state index >= 15 is 0 Å². The van der Waals surface area contributed by atoms with Crippen LogP contribution in [-0.2, 0) is 16.4 Å². The van der Waals surface area contributed by atoms with Crippen LogP contribution >= 0.6 is 0 Å². The standard InChI is InChI=1S/C21H24N2O4S/c1-28(25,26)22-18-7-8-19-17(15-18)9-10-21(27-19)11-13-23(14-12-21)20(24)16-5-3-2-4-6-16/h2-8,15,22H,9-14H2,1H3. The predicted octanol–water partition coefficient (Wildman–Crippen LogP) is 3.06. The number of nitrogens with zero attached hydrogens (tertiary/aromatic N) is 1. The van der Waals surface area contributed by atoms with E-state index in [0.29, 0.717) is 18.8 Å². The summed E-state index contributed by atoms with van der Waals surface area (Å²) in [5, 5.41) is 0. The maximum absolute atomic E-state index is 12.6. The highest BCUT2D eigenvalue weighted by Crippen LogP contribution is 2.40. The number of likely N-dealkylation sites (tertiary alicyclic amines) is 1. The molecule has 1 amide bonds. The monoisotopic (exact) mass is 400 g/mol. The van der Waals surface area contributed by atoms with Crippen molar-refractivity contribution in [3.8, 4) is 5.75 Å². The van der Waals surface area contributed by atoms with Gasteiger partial charge >= 0.3 is 0 Å². The molecule has 1 saturated heterocycles. The Morgan fingerprint density at radius 1 is 1.07 bits per heavy atom. The third-order valence-electron chi connectivity index (χ3n) is 5.52. The molecule has 2 aromatic rings. The maximum Gasteiger partial charge on any atom is 0.253 e. The first-order chi connectivity index (χ1) is 13.3. The summed E-state index contributed by atoms with van der Waals surface area (Å²) in [5.41, 5.74) is 2.05. The lowest BCUT2D eigenvalue weighted by Gasteiger charge is -2.44. The van der Waals surface area contributed by atoms with Crippen molar-refractivity contribution in [2.45, 2.75) is 31.3 Å². The zero-order valence-electron chi connectivity index (χ0n) is 15.8. The lowest BCUT2D eigenvalue weighted by molar-refractivity contribution is -0.0106. The van der Waals surface area contributed by atoms with Crippen molar-refractivity contribution in [1.82, 2.24) is 4.90 Å². The highest BCUT2D eigenvalue weighted by molar-refractivity contribution is 7.92. The van der Waals surface area contributed by atoms with E-state index in [4.69, 9.17) is 4.74 Å².